The van der Waals surface area contributed by atoms with Gasteiger partial charge in [-0.3, -0.25) is 4.79 Å². The van der Waals surface area contributed by atoms with Crippen LogP contribution in [0.1, 0.15) is 23.7 Å². The molecule has 2 heterocycles. The monoisotopic (exact) mass is 321 g/mol. The number of benzene rings is 2. The van der Waals surface area contributed by atoms with Crippen molar-refractivity contribution in [2.75, 3.05) is 13.7 Å². The van der Waals surface area contributed by atoms with Crippen molar-refractivity contribution < 1.29 is 9.53 Å². The van der Waals surface area contributed by atoms with E-state index in [0.29, 0.717) is 19.5 Å². The minimum atomic E-state index is 0.128. The second kappa shape index (κ2) is 6.00. The van der Waals surface area contributed by atoms with Crippen LogP contribution in [0.5, 0.6) is 5.75 Å². The van der Waals surface area contributed by atoms with E-state index in [4.69, 9.17) is 4.74 Å². The molecule has 0 radical (unpaired) electrons. The highest BCUT2D eigenvalue weighted by molar-refractivity contribution is 5.80. The number of aromatic nitrogens is 2. The molecule has 1 N–H and O–H groups in total. The Morgan fingerprint density at radius 3 is 2.75 bits per heavy atom. The molecule has 5 nitrogen and oxygen atoms in total. The number of nitrogens with zero attached hydrogens (tertiary/aromatic N) is 2. The molecule has 0 spiro atoms. The third kappa shape index (κ3) is 2.73. The lowest BCUT2D eigenvalue weighted by atomic mass is 10.1. The molecule has 5 heteroatoms. The summed E-state index contributed by atoms with van der Waals surface area (Å²) in [5.41, 5.74) is 3.08. The fourth-order valence-corrected chi connectivity index (χ4v) is 3.23. The molecule has 0 bridgehead atoms. The molecule has 0 saturated carbocycles. The molecule has 0 aliphatic carbocycles. The summed E-state index contributed by atoms with van der Waals surface area (Å²) in [6.07, 6.45) is 0.510. The van der Waals surface area contributed by atoms with E-state index in [9.17, 15) is 4.79 Å². The average Bonchev–Trinajstić information content (AvgIpc) is 3.19. The van der Waals surface area contributed by atoms with Gasteiger partial charge in [0.2, 0.25) is 5.91 Å². The molecule has 4 rings (SSSR count). The average molecular weight is 321 g/mol. The Hall–Kier alpha value is -2.82. The molecular formula is C19H19N3O2. The van der Waals surface area contributed by atoms with Gasteiger partial charge in [0.25, 0.3) is 0 Å². The molecule has 1 aliphatic rings. The summed E-state index contributed by atoms with van der Waals surface area (Å²) in [4.78, 5) is 22.3. The highest BCUT2D eigenvalue weighted by Crippen LogP contribution is 2.29. The number of carbonyl (C=O) groups excluding carboxylic acids is 1. The van der Waals surface area contributed by atoms with E-state index >= 15 is 0 Å². The van der Waals surface area contributed by atoms with Crippen LogP contribution in [0.2, 0.25) is 0 Å². The van der Waals surface area contributed by atoms with Crippen LogP contribution in [0.15, 0.2) is 48.5 Å². The predicted molar refractivity (Wildman–Crippen MR) is 91.9 cm³/mol. The Balaban J connectivity index is 1.49. The van der Waals surface area contributed by atoms with Crippen LogP contribution in [0.3, 0.4) is 0 Å². The Morgan fingerprint density at radius 1 is 1.21 bits per heavy atom. The van der Waals surface area contributed by atoms with Gasteiger partial charge in [0, 0.05) is 25.4 Å². The van der Waals surface area contributed by atoms with Gasteiger partial charge in [0.05, 0.1) is 18.1 Å². The maximum Gasteiger partial charge on any atom is 0.223 e. The lowest BCUT2D eigenvalue weighted by Crippen LogP contribution is -2.24. The number of rotatable bonds is 4. The van der Waals surface area contributed by atoms with Crippen molar-refractivity contribution in [3.8, 4) is 5.75 Å². The molecule has 1 atom stereocenters. The second-order valence-corrected chi connectivity index (χ2v) is 6.16. The van der Waals surface area contributed by atoms with Gasteiger partial charge in [-0.15, -0.1) is 0 Å². The Kier molecular flexibility index (Phi) is 3.69. The maximum atomic E-state index is 12.4. The number of aromatic amines is 1. The fraction of sp³-hybridized carbons (Fsp3) is 0.263. The van der Waals surface area contributed by atoms with E-state index < -0.39 is 0 Å². The van der Waals surface area contributed by atoms with Crippen molar-refractivity contribution in [1.29, 1.82) is 0 Å². The van der Waals surface area contributed by atoms with Gasteiger partial charge in [-0.25, -0.2) is 4.98 Å². The number of nitrogens with one attached hydrogen (secondary N) is 1. The number of amides is 1. The molecule has 1 fully saturated rings. The lowest BCUT2D eigenvalue weighted by molar-refractivity contribution is -0.128. The van der Waals surface area contributed by atoms with E-state index in [0.717, 1.165) is 28.2 Å². The van der Waals surface area contributed by atoms with Crippen LogP contribution >= 0.6 is 0 Å². The molecule has 24 heavy (non-hydrogen) atoms. The van der Waals surface area contributed by atoms with Crippen LogP contribution < -0.4 is 4.74 Å². The zero-order valence-corrected chi connectivity index (χ0v) is 13.5. The molecule has 2 aromatic carbocycles. The maximum absolute atomic E-state index is 12.4. The molecule has 1 amide bonds. The van der Waals surface area contributed by atoms with Crippen LogP contribution in [0, 0.1) is 0 Å². The molecule has 0 unspecified atom stereocenters. The van der Waals surface area contributed by atoms with E-state index in [-0.39, 0.29) is 11.8 Å². The number of hydrogen-bond acceptors (Lipinski definition) is 3. The van der Waals surface area contributed by atoms with Gasteiger partial charge < -0.3 is 14.6 Å². The van der Waals surface area contributed by atoms with Crippen molar-refractivity contribution in [2.24, 2.45) is 0 Å². The van der Waals surface area contributed by atoms with Crippen molar-refractivity contribution in [3.05, 3.63) is 59.9 Å². The van der Waals surface area contributed by atoms with Gasteiger partial charge >= 0.3 is 0 Å². The normalized spacial score (nSPS) is 17.6. The summed E-state index contributed by atoms with van der Waals surface area (Å²) >= 11 is 0. The largest absolute Gasteiger partial charge is 0.497 e. The Morgan fingerprint density at radius 2 is 2.00 bits per heavy atom. The van der Waals surface area contributed by atoms with E-state index in [2.05, 4.69) is 9.97 Å². The number of fused-ring (bicyclic) bond motifs is 1. The Labute approximate surface area is 140 Å². The van der Waals surface area contributed by atoms with E-state index in [1.807, 2.05) is 53.4 Å². The first kappa shape index (κ1) is 14.8. The molecule has 1 aromatic heterocycles. The number of likely N-dealkylation sites (tertiary alicyclic amines) is 1. The quantitative estimate of drug-likeness (QED) is 0.803. The summed E-state index contributed by atoms with van der Waals surface area (Å²) < 4.78 is 5.17. The first-order chi connectivity index (χ1) is 11.7. The number of para-hydroxylation sites is 2. The minimum absolute atomic E-state index is 0.128. The van der Waals surface area contributed by atoms with Gasteiger partial charge in [-0.05, 0) is 29.8 Å². The minimum Gasteiger partial charge on any atom is -0.497 e. The third-order valence-electron chi connectivity index (χ3n) is 4.54. The summed E-state index contributed by atoms with van der Waals surface area (Å²) in [6, 6.07) is 15.8. The topological polar surface area (TPSA) is 58.2 Å². The highest BCUT2D eigenvalue weighted by atomic mass is 16.5. The summed E-state index contributed by atoms with van der Waals surface area (Å²) in [7, 11) is 1.65. The number of hydrogen-bond donors (Lipinski definition) is 1. The summed E-state index contributed by atoms with van der Waals surface area (Å²) in [5, 5.41) is 0. The zero-order chi connectivity index (χ0) is 16.5. The van der Waals surface area contributed by atoms with Crippen LogP contribution in [0.4, 0.5) is 0 Å². The Bertz CT molecular complexity index is 837. The molecular weight excluding hydrogens is 302 g/mol. The summed E-state index contributed by atoms with van der Waals surface area (Å²) in [6.45, 7) is 1.32. The second-order valence-electron chi connectivity index (χ2n) is 6.16. The smallest absolute Gasteiger partial charge is 0.223 e. The molecule has 122 valence electrons. The zero-order valence-electron chi connectivity index (χ0n) is 13.5. The van der Waals surface area contributed by atoms with E-state index in [1.54, 1.807) is 7.11 Å². The van der Waals surface area contributed by atoms with Crippen molar-refractivity contribution in [1.82, 2.24) is 14.9 Å². The SMILES string of the molecule is COc1ccc(CN2C[C@H](c3nc4ccccc4[nH]3)CC2=O)cc1. The highest BCUT2D eigenvalue weighted by Gasteiger charge is 2.32. The first-order valence-electron chi connectivity index (χ1n) is 8.08. The van der Waals surface area contributed by atoms with Crippen LogP contribution in [0.25, 0.3) is 11.0 Å². The fourth-order valence-electron chi connectivity index (χ4n) is 3.23. The van der Waals surface area contributed by atoms with Crippen molar-refractivity contribution in [3.63, 3.8) is 0 Å². The number of ether oxygens (including phenoxy) is 1. The predicted octanol–water partition coefficient (Wildman–Crippen LogP) is 3.09. The number of methoxy groups -OCH3 is 1. The van der Waals surface area contributed by atoms with Crippen LogP contribution in [-0.2, 0) is 11.3 Å². The third-order valence-corrected chi connectivity index (χ3v) is 4.54. The standard InChI is InChI=1S/C19H19N3O2/c1-24-15-8-6-13(7-9-15)11-22-12-14(10-18(22)23)19-20-16-4-2-3-5-17(16)21-19/h2-9,14H,10-12H2,1H3,(H,20,21)/t14-/m1/s1. The first-order valence-corrected chi connectivity index (χ1v) is 8.08. The number of imidazole rings is 1. The summed E-state index contributed by atoms with van der Waals surface area (Å²) in [5.74, 6) is 2.04. The molecule has 3 aromatic rings. The van der Waals surface area contributed by atoms with Gasteiger partial charge in [-0.1, -0.05) is 24.3 Å². The van der Waals surface area contributed by atoms with Gasteiger partial charge in [0.1, 0.15) is 11.6 Å². The van der Waals surface area contributed by atoms with Crippen molar-refractivity contribution in [2.45, 2.75) is 18.9 Å². The van der Waals surface area contributed by atoms with Gasteiger partial charge in [0.15, 0.2) is 0 Å². The van der Waals surface area contributed by atoms with Crippen molar-refractivity contribution >= 4 is 16.9 Å². The van der Waals surface area contributed by atoms with E-state index in [1.165, 1.54) is 0 Å². The number of H-pyrrole nitrogens is 1. The van der Waals surface area contributed by atoms with Gasteiger partial charge in [-0.2, -0.15) is 0 Å². The molecule has 1 saturated heterocycles. The molecule has 1 aliphatic heterocycles. The number of carbonyl (C=O) groups is 1. The lowest BCUT2D eigenvalue weighted by Gasteiger charge is -2.16. The van der Waals surface area contributed by atoms with Crippen LogP contribution in [-0.4, -0.2) is 34.4 Å².